The van der Waals surface area contributed by atoms with Crippen molar-refractivity contribution in [2.45, 2.75) is 39.3 Å². The molecule has 2 amide bonds. The number of hydrogen-bond acceptors (Lipinski definition) is 4. The van der Waals surface area contributed by atoms with Crippen LogP contribution in [0, 0.1) is 6.92 Å². The summed E-state index contributed by atoms with van der Waals surface area (Å²) in [6, 6.07) is 25.8. The van der Waals surface area contributed by atoms with E-state index in [1.54, 1.807) is 7.11 Å². The first-order chi connectivity index (χ1) is 20.5. The van der Waals surface area contributed by atoms with Crippen LogP contribution in [0.2, 0.25) is 0 Å². The molecule has 3 aromatic carbocycles. The quantitative estimate of drug-likeness (QED) is 0.305. The number of likely N-dealkylation sites (tertiary alicyclic amines) is 1. The number of anilines is 1. The van der Waals surface area contributed by atoms with Gasteiger partial charge in [-0.05, 0) is 79.4 Å². The van der Waals surface area contributed by atoms with Gasteiger partial charge in [-0.1, -0.05) is 61.0 Å². The number of hydrogen-bond donors (Lipinski definition) is 1. The number of nitrogens with one attached hydrogen (secondary N) is 1. The van der Waals surface area contributed by atoms with E-state index in [9.17, 15) is 9.59 Å². The molecule has 2 aliphatic heterocycles. The van der Waals surface area contributed by atoms with Crippen LogP contribution >= 0.6 is 0 Å². The van der Waals surface area contributed by atoms with Crippen molar-refractivity contribution in [3.05, 3.63) is 107 Å². The van der Waals surface area contributed by atoms with Gasteiger partial charge in [0.15, 0.2) is 0 Å². The first-order valence-electron chi connectivity index (χ1n) is 14.9. The Morgan fingerprint density at radius 3 is 2.40 bits per heavy atom. The number of methoxy groups -OCH3 is 1. The molecule has 0 bridgehead atoms. The maximum Gasteiger partial charge on any atom is 0.267 e. The third kappa shape index (κ3) is 5.44. The molecule has 0 saturated carbocycles. The van der Waals surface area contributed by atoms with E-state index in [2.05, 4.69) is 22.3 Å². The van der Waals surface area contributed by atoms with Crippen LogP contribution in [0.1, 0.15) is 56.9 Å². The number of amides is 2. The van der Waals surface area contributed by atoms with Crippen LogP contribution in [0.5, 0.6) is 5.75 Å². The summed E-state index contributed by atoms with van der Waals surface area (Å²) in [6.07, 6.45) is 3.76. The molecule has 1 N–H and O–H groups in total. The lowest BCUT2D eigenvalue weighted by Gasteiger charge is -2.26. The van der Waals surface area contributed by atoms with Gasteiger partial charge in [0.1, 0.15) is 11.4 Å². The second kappa shape index (κ2) is 12.2. The van der Waals surface area contributed by atoms with Crippen molar-refractivity contribution in [2.75, 3.05) is 38.2 Å². The molecule has 216 valence electrons. The Balaban J connectivity index is 1.28. The Bertz CT molecular complexity index is 1590. The predicted octanol–water partition coefficient (Wildman–Crippen LogP) is 5.90. The van der Waals surface area contributed by atoms with E-state index < -0.39 is 0 Å². The first-order valence-corrected chi connectivity index (χ1v) is 14.9. The largest absolute Gasteiger partial charge is 0.496 e. The molecule has 1 aromatic heterocycles. The van der Waals surface area contributed by atoms with Crippen LogP contribution in [0.3, 0.4) is 0 Å². The molecule has 0 radical (unpaired) electrons. The van der Waals surface area contributed by atoms with E-state index in [-0.39, 0.29) is 11.8 Å². The van der Waals surface area contributed by atoms with Crippen molar-refractivity contribution in [3.8, 4) is 16.9 Å². The molecule has 7 heteroatoms. The molecule has 7 nitrogen and oxygen atoms in total. The van der Waals surface area contributed by atoms with Crippen molar-refractivity contribution < 1.29 is 14.3 Å². The topological polar surface area (TPSA) is 66.8 Å². The van der Waals surface area contributed by atoms with Gasteiger partial charge in [0.25, 0.3) is 11.8 Å². The molecule has 2 aliphatic rings. The van der Waals surface area contributed by atoms with Crippen LogP contribution in [-0.2, 0) is 13.1 Å². The van der Waals surface area contributed by atoms with Gasteiger partial charge in [0.05, 0.1) is 25.8 Å². The SMILES string of the molecule is COc1c(C(=O)N2Cc3ccc(C(=O)NCCN4CCCCC4)n3Cc3ccccc32)ccc(-c2ccccc2)c1C. The van der Waals surface area contributed by atoms with Crippen LogP contribution < -0.4 is 15.0 Å². The number of carbonyl (C=O) groups is 2. The monoisotopic (exact) mass is 562 g/mol. The van der Waals surface area contributed by atoms with Crippen LogP contribution in [0.4, 0.5) is 5.69 Å². The predicted molar refractivity (Wildman–Crippen MR) is 166 cm³/mol. The van der Waals surface area contributed by atoms with Crippen molar-refractivity contribution >= 4 is 17.5 Å². The molecule has 1 saturated heterocycles. The van der Waals surface area contributed by atoms with Gasteiger partial charge in [-0.3, -0.25) is 9.59 Å². The van der Waals surface area contributed by atoms with E-state index in [0.717, 1.165) is 53.3 Å². The summed E-state index contributed by atoms with van der Waals surface area (Å²) in [7, 11) is 1.62. The number of fused-ring (bicyclic) bond motifs is 2. The fraction of sp³-hybridized carbons (Fsp3) is 0.314. The minimum atomic E-state index is -0.135. The summed E-state index contributed by atoms with van der Waals surface area (Å²) in [5, 5.41) is 3.13. The number of piperidine rings is 1. The molecule has 0 atom stereocenters. The number of nitrogens with zero attached hydrogens (tertiary/aromatic N) is 3. The Kier molecular flexibility index (Phi) is 8.11. The lowest BCUT2D eigenvalue weighted by Crippen LogP contribution is -2.38. The zero-order valence-corrected chi connectivity index (χ0v) is 24.4. The lowest BCUT2D eigenvalue weighted by molar-refractivity contribution is 0.0936. The maximum absolute atomic E-state index is 14.3. The summed E-state index contributed by atoms with van der Waals surface area (Å²) in [4.78, 5) is 31.8. The Morgan fingerprint density at radius 1 is 0.857 bits per heavy atom. The summed E-state index contributed by atoms with van der Waals surface area (Å²) in [6.45, 7) is 6.57. The lowest BCUT2D eigenvalue weighted by atomic mass is 9.96. The van der Waals surface area contributed by atoms with E-state index in [0.29, 0.717) is 36.6 Å². The minimum absolute atomic E-state index is 0.0793. The summed E-state index contributed by atoms with van der Waals surface area (Å²) in [5.74, 6) is 0.362. The normalized spacial score (nSPS) is 15.0. The molecule has 4 aromatic rings. The van der Waals surface area contributed by atoms with Gasteiger partial charge in [-0.15, -0.1) is 0 Å². The molecule has 0 spiro atoms. The minimum Gasteiger partial charge on any atom is -0.496 e. The number of carbonyl (C=O) groups excluding carboxylic acids is 2. The number of rotatable bonds is 7. The fourth-order valence-electron chi connectivity index (χ4n) is 6.34. The maximum atomic E-state index is 14.3. The Morgan fingerprint density at radius 2 is 1.62 bits per heavy atom. The van der Waals surface area contributed by atoms with E-state index in [1.807, 2.05) is 83.1 Å². The number of para-hydroxylation sites is 1. The molecular formula is C35H38N4O3. The van der Waals surface area contributed by atoms with E-state index in [4.69, 9.17) is 4.74 Å². The zero-order valence-electron chi connectivity index (χ0n) is 24.4. The van der Waals surface area contributed by atoms with Gasteiger partial charge in [0.2, 0.25) is 0 Å². The molecular weight excluding hydrogens is 524 g/mol. The molecule has 1 fully saturated rings. The number of ether oxygens (including phenoxy) is 1. The van der Waals surface area contributed by atoms with Crippen LogP contribution in [-0.4, -0.2) is 54.6 Å². The van der Waals surface area contributed by atoms with Crippen molar-refractivity contribution in [1.29, 1.82) is 0 Å². The first kappa shape index (κ1) is 27.8. The van der Waals surface area contributed by atoms with Crippen LogP contribution in [0.25, 0.3) is 11.1 Å². The molecule has 6 rings (SSSR count). The highest BCUT2D eigenvalue weighted by Gasteiger charge is 2.29. The Labute approximate surface area is 247 Å². The highest BCUT2D eigenvalue weighted by Crippen LogP contribution is 2.36. The van der Waals surface area contributed by atoms with E-state index >= 15 is 0 Å². The standard InChI is InChI=1S/C35H38N4O3/c1-25-29(26-11-5-3-6-12-26)16-17-30(33(25)42-2)35(41)39-24-28-15-18-32(38(28)23-27-13-7-8-14-31(27)39)34(40)36-19-22-37-20-9-4-10-21-37/h3,5-8,11-18H,4,9-10,19-24H2,1-2H3,(H,36,40). The molecule has 3 heterocycles. The number of aromatic nitrogens is 1. The molecule has 0 unspecified atom stereocenters. The smallest absolute Gasteiger partial charge is 0.267 e. The third-order valence-electron chi connectivity index (χ3n) is 8.57. The summed E-state index contributed by atoms with van der Waals surface area (Å²) in [5.41, 5.74) is 6.90. The van der Waals surface area contributed by atoms with Crippen molar-refractivity contribution in [2.24, 2.45) is 0 Å². The average molecular weight is 563 g/mol. The van der Waals surface area contributed by atoms with Gasteiger partial charge in [0, 0.05) is 24.5 Å². The van der Waals surface area contributed by atoms with Crippen molar-refractivity contribution in [3.63, 3.8) is 0 Å². The van der Waals surface area contributed by atoms with Crippen LogP contribution in [0.15, 0.2) is 78.9 Å². The molecule has 42 heavy (non-hydrogen) atoms. The fourth-order valence-corrected chi connectivity index (χ4v) is 6.34. The zero-order chi connectivity index (χ0) is 29.1. The van der Waals surface area contributed by atoms with Gasteiger partial charge < -0.3 is 24.4 Å². The highest BCUT2D eigenvalue weighted by molar-refractivity contribution is 6.09. The highest BCUT2D eigenvalue weighted by atomic mass is 16.5. The van der Waals surface area contributed by atoms with Crippen molar-refractivity contribution in [1.82, 2.24) is 14.8 Å². The van der Waals surface area contributed by atoms with Gasteiger partial charge >= 0.3 is 0 Å². The Hall–Kier alpha value is -4.36. The summed E-state index contributed by atoms with van der Waals surface area (Å²) >= 11 is 0. The number of benzene rings is 3. The summed E-state index contributed by atoms with van der Waals surface area (Å²) < 4.78 is 7.89. The van der Waals surface area contributed by atoms with Gasteiger partial charge in [-0.25, -0.2) is 0 Å². The second-order valence-electron chi connectivity index (χ2n) is 11.2. The van der Waals surface area contributed by atoms with Gasteiger partial charge in [-0.2, -0.15) is 0 Å². The second-order valence-corrected chi connectivity index (χ2v) is 11.2. The third-order valence-corrected chi connectivity index (χ3v) is 8.57. The molecule has 0 aliphatic carbocycles. The van der Waals surface area contributed by atoms with E-state index in [1.165, 1.54) is 19.3 Å². The average Bonchev–Trinajstić information content (AvgIpc) is 3.34.